The number of aromatic nitrogens is 2. The first-order valence-electron chi connectivity index (χ1n) is 8.74. The molecule has 0 bridgehead atoms. The van der Waals surface area contributed by atoms with E-state index in [1.807, 2.05) is 13.8 Å². The summed E-state index contributed by atoms with van der Waals surface area (Å²) in [6.45, 7) is 3.67. The number of hydrogen-bond donors (Lipinski definition) is 1. The standard InChI is InChI=1S/C19H18F3N3O3/c1-18(2)8-11-13(15(18)26)12(14-16(23-11)25(3)24-17(14)27)9-4-6-10(7-5-9)28-19(20,21)22/h4-7,12-13H,8H2,1-3H3,(H,24,27). The third-order valence-corrected chi connectivity index (χ3v) is 5.37. The third kappa shape index (κ3) is 2.85. The average molecular weight is 393 g/mol. The van der Waals surface area contributed by atoms with E-state index < -0.39 is 23.6 Å². The summed E-state index contributed by atoms with van der Waals surface area (Å²) >= 11 is 0. The number of benzene rings is 1. The lowest BCUT2D eigenvalue weighted by Crippen LogP contribution is -2.32. The van der Waals surface area contributed by atoms with E-state index in [2.05, 4.69) is 14.8 Å². The molecule has 2 aromatic rings. The van der Waals surface area contributed by atoms with Crippen molar-refractivity contribution in [2.45, 2.75) is 32.5 Å². The van der Waals surface area contributed by atoms with E-state index in [1.54, 1.807) is 7.05 Å². The van der Waals surface area contributed by atoms with E-state index in [-0.39, 0.29) is 17.1 Å². The Balaban J connectivity index is 1.83. The lowest BCUT2D eigenvalue weighted by atomic mass is 9.76. The summed E-state index contributed by atoms with van der Waals surface area (Å²) in [6, 6.07) is 5.30. The minimum absolute atomic E-state index is 0.0271. The van der Waals surface area contributed by atoms with Crippen molar-refractivity contribution in [1.29, 1.82) is 0 Å². The van der Waals surface area contributed by atoms with Crippen LogP contribution in [0.2, 0.25) is 0 Å². The molecule has 9 heteroatoms. The fourth-order valence-corrected chi connectivity index (χ4v) is 4.18. The molecule has 0 saturated heterocycles. The van der Waals surface area contributed by atoms with Crippen molar-refractivity contribution in [3.63, 3.8) is 0 Å². The van der Waals surface area contributed by atoms with Crippen molar-refractivity contribution in [2.24, 2.45) is 23.4 Å². The van der Waals surface area contributed by atoms with Gasteiger partial charge in [-0.25, -0.2) is 4.99 Å². The van der Waals surface area contributed by atoms with Gasteiger partial charge in [0.15, 0.2) is 5.82 Å². The monoisotopic (exact) mass is 393 g/mol. The maximum atomic E-state index is 13.1. The molecule has 1 saturated carbocycles. The molecule has 1 aromatic carbocycles. The number of carbonyl (C=O) groups excluding carboxylic acids is 1. The van der Waals surface area contributed by atoms with E-state index in [4.69, 9.17) is 0 Å². The number of halogens is 3. The third-order valence-electron chi connectivity index (χ3n) is 5.37. The predicted molar refractivity (Wildman–Crippen MR) is 95.0 cm³/mol. The predicted octanol–water partition coefficient (Wildman–Crippen LogP) is 3.45. The molecule has 4 rings (SSSR count). The second-order valence-corrected chi connectivity index (χ2v) is 7.84. The Morgan fingerprint density at radius 3 is 2.43 bits per heavy atom. The summed E-state index contributed by atoms with van der Waals surface area (Å²) in [6.07, 6.45) is -4.32. The highest BCUT2D eigenvalue weighted by Gasteiger charge is 2.52. The second kappa shape index (κ2) is 5.83. The summed E-state index contributed by atoms with van der Waals surface area (Å²) in [5, 5.41) is 2.65. The van der Waals surface area contributed by atoms with Crippen LogP contribution in [0.5, 0.6) is 5.75 Å². The molecule has 2 atom stereocenters. The Bertz CT molecular complexity index is 1050. The van der Waals surface area contributed by atoms with E-state index in [0.717, 1.165) is 0 Å². The van der Waals surface area contributed by atoms with Crippen molar-refractivity contribution in [2.75, 3.05) is 0 Å². The molecule has 28 heavy (non-hydrogen) atoms. The van der Waals surface area contributed by atoms with Gasteiger partial charge in [0, 0.05) is 24.1 Å². The highest BCUT2D eigenvalue weighted by molar-refractivity contribution is 6.16. The number of nitrogens with one attached hydrogen (secondary N) is 1. The van der Waals surface area contributed by atoms with E-state index >= 15 is 0 Å². The molecule has 1 N–H and O–H groups in total. The topological polar surface area (TPSA) is 76.5 Å². The van der Waals surface area contributed by atoms with Crippen LogP contribution in [-0.2, 0) is 11.8 Å². The van der Waals surface area contributed by atoms with Crippen LogP contribution in [0, 0.1) is 11.3 Å². The smallest absolute Gasteiger partial charge is 0.406 e. The van der Waals surface area contributed by atoms with Crippen LogP contribution in [-0.4, -0.2) is 27.6 Å². The molecule has 1 aliphatic carbocycles. The number of ether oxygens (including phenoxy) is 1. The highest BCUT2D eigenvalue weighted by atomic mass is 19.4. The fourth-order valence-electron chi connectivity index (χ4n) is 4.18. The fraction of sp³-hybridized carbons (Fsp3) is 0.421. The number of ketones is 1. The van der Waals surface area contributed by atoms with Crippen LogP contribution in [0.3, 0.4) is 0 Å². The number of hydrogen-bond acceptors (Lipinski definition) is 4. The van der Waals surface area contributed by atoms with Crippen molar-refractivity contribution in [3.05, 3.63) is 45.7 Å². The minimum atomic E-state index is -4.79. The van der Waals surface area contributed by atoms with Gasteiger partial charge in [0.05, 0.1) is 11.5 Å². The zero-order valence-electron chi connectivity index (χ0n) is 15.4. The summed E-state index contributed by atoms with van der Waals surface area (Å²) in [5.74, 6) is -1.16. The van der Waals surface area contributed by atoms with E-state index in [1.165, 1.54) is 28.9 Å². The maximum absolute atomic E-state index is 13.1. The van der Waals surface area contributed by atoms with Crippen LogP contribution in [0.1, 0.15) is 37.3 Å². The Kier molecular flexibility index (Phi) is 3.85. The molecule has 148 valence electrons. The molecule has 0 radical (unpaired) electrons. The minimum Gasteiger partial charge on any atom is -0.406 e. The number of aromatic amines is 1. The first kappa shape index (κ1) is 18.5. The summed E-state index contributed by atoms with van der Waals surface area (Å²) in [5.41, 5.74) is 0.634. The number of aryl methyl sites for hydroxylation is 1. The molecule has 2 heterocycles. The van der Waals surface area contributed by atoms with E-state index in [9.17, 15) is 22.8 Å². The van der Waals surface area contributed by atoms with Crippen molar-refractivity contribution >= 4 is 17.3 Å². The number of Topliss-reactive ketones (excluding diaryl/α,β-unsaturated/α-hetero) is 1. The zero-order chi connectivity index (χ0) is 20.4. The molecule has 2 aliphatic rings. The van der Waals surface area contributed by atoms with Gasteiger partial charge >= 0.3 is 6.36 Å². The van der Waals surface area contributed by atoms with Crippen LogP contribution < -0.4 is 10.3 Å². The summed E-state index contributed by atoms with van der Waals surface area (Å²) in [7, 11) is 1.66. The summed E-state index contributed by atoms with van der Waals surface area (Å²) < 4.78 is 42.7. The largest absolute Gasteiger partial charge is 0.573 e. The first-order chi connectivity index (χ1) is 13.0. The SMILES string of the molecule is Cn1[nH]c(=O)c2c1N=C1CC(C)(C)C(=O)C1C2c1ccc(OC(F)(F)F)cc1. The van der Waals surface area contributed by atoms with Gasteiger partial charge in [0.1, 0.15) is 11.5 Å². The van der Waals surface area contributed by atoms with Gasteiger partial charge in [-0.3, -0.25) is 19.4 Å². The Labute approximate surface area is 158 Å². The average Bonchev–Trinajstić information content (AvgIpc) is 2.98. The number of rotatable bonds is 2. The quantitative estimate of drug-likeness (QED) is 0.849. The Morgan fingerprint density at radius 2 is 1.82 bits per heavy atom. The molecule has 1 aromatic heterocycles. The van der Waals surface area contributed by atoms with Crippen LogP contribution in [0.25, 0.3) is 0 Å². The molecule has 0 amide bonds. The van der Waals surface area contributed by atoms with Crippen molar-refractivity contribution < 1.29 is 22.7 Å². The lowest BCUT2D eigenvalue weighted by molar-refractivity contribution is -0.274. The van der Waals surface area contributed by atoms with Crippen LogP contribution in [0.4, 0.5) is 19.0 Å². The van der Waals surface area contributed by atoms with Gasteiger partial charge in [-0.2, -0.15) is 0 Å². The number of H-pyrrole nitrogens is 1. The molecule has 1 aliphatic heterocycles. The Morgan fingerprint density at radius 1 is 1.18 bits per heavy atom. The van der Waals surface area contributed by atoms with E-state index in [0.29, 0.717) is 29.1 Å². The molecule has 0 spiro atoms. The normalized spacial score (nSPS) is 23.2. The lowest BCUT2D eigenvalue weighted by Gasteiger charge is -2.27. The number of carbonyl (C=O) groups is 1. The van der Waals surface area contributed by atoms with Gasteiger partial charge in [-0.15, -0.1) is 13.2 Å². The molecular formula is C19H18F3N3O3. The highest BCUT2D eigenvalue weighted by Crippen LogP contribution is 2.49. The number of nitrogens with zero attached hydrogens (tertiary/aromatic N) is 2. The second-order valence-electron chi connectivity index (χ2n) is 7.84. The Hall–Kier alpha value is -2.84. The number of alkyl halides is 3. The number of fused-ring (bicyclic) bond motifs is 2. The molecule has 6 nitrogen and oxygen atoms in total. The van der Waals surface area contributed by atoms with Crippen LogP contribution >= 0.6 is 0 Å². The zero-order valence-corrected chi connectivity index (χ0v) is 15.4. The first-order valence-corrected chi connectivity index (χ1v) is 8.74. The molecule has 2 unspecified atom stereocenters. The van der Waals surface area contributed by atoms with Gasteiger partial charge in [-0.1, -0.05) is 26.0 Å². The molecular weight excluding hydrogens is 375 g/mol. The summed E-state index contributed by atoms with van der Waals surface area (Å²) in [4.78, 5) is 30.2. The molecule has 1 fully saturated rings. The van der Waals surface area contributed by atoms with Gasteiger partial charge in [0.25, 0.3) is 5.56 Å². The maximum Gasteiger partial charge on any atom is 0.573 e. The van der Waals surface area contributed by atoms with Gasteiger partial charge in [0.2, 0.25) is 0 Å². The van der Waals surface area contributed by atoms with Gasteiger partial charge < -0.3 is 4.74 Å². The van der Waals surface area contributed by atoms with Gasteiger partial charge in [-0.05, 0) is 24.1 Å². The van der Waals surface area contributed by atoms with Crippen molar-refractivity contribution in [3.8, 4) is 5.75 Å². The van der Waals surface area contributed by atoms with Crippen LogP contribution in [0.15, 0.2) is 34.1 Å². The van der Waals surface area contributed by atoms with Crippen molar-refractivity contribution in [1.82, 2.24) is 9.78 Å². The number of aliphatic imine (C=N–C) groups is 1.